The van der Waals surface area contributed by atoms with Gasteiger partial charge in [0.05, 0.1) is 29.7 Å². The lowest BCUT2D eigenvalue weighted by atomic mass is 10.1. The molecular formula is C23H33ClN4O2. The van der Waals surface area contributed by atoms with E-state index in [2.05, 4.69) is 34.2 Å². The maximum absolute atomic E-state index is 12.8. The van der Waals surface area contributed by atoms with Gasteiger partial charge < -0.3 is 24.8 Å². The number of carbonyl (C=O) groups is 1. The number of nitrogens with zero attached hydrogens (tertiary/aromatic N) is 3. The third-order valence-corrected chi connectivity index (χ3v) is 5.26. The Morgan fingerprint density at radius 1 is 1.03 bits per heavy atom. The molecule has 3 rings (SSSR count). The number of hydrogen-bond acceptors (Lipinski definition) is 5. The van der Waals surface area contributed by atoms with Crippen molar-refractivity contribution >= 4 is 35.4 Å². The number of rotatable bonds is 7. The van der Waals surface area contributed by atoms with Crippen LogP contribution in [-0.4, -0.2) is 64.7 Å². The van der Waals surface area contributed by atoms with Gasteiger partial charge in [-0.15, -0.1) is 12.4 Å². The summed E-state index contributed by atoms with van der Waals surface area (Å²) in [5.41, 5.74) is 3.92. The lowest BCUT2D eigenvalue weighted by molar-refractivity contribution is 0.0828. The first-order valence-electron chi connectivity index (χ1n) is 10.3. The third kappa shape index (κ3) is 5.11. The Morgan fingerprint density at radius 3 is 2.33 bits per heavy atom. The molecule has 2 aromatic carbocycles. The van der Waals surface area contributed by atoms with Crippen molar-refractivity contribution in [1.29, 1.82) is 0 Å². The normalized spacial score (nSPS) is 13.5. The van der Waals surface area contributed by atoms with Gasteiger partial charge in [-0.1, -0.05) is 25.1 Å². The van der Waals surface area contributed by atoms with Gasteiger partial charge >= 0.3 is 0 Å². The summed E-state index contributed by atoms with van der Waals surface area (Å²) >= 11 is 0. The Labute approximate surface area is 186 Å². The average Bonchev–Trinajstić information content (AvgIpc) is 2.76. The Kier molecular flexibility index (Phi) is 8.66. The van der Waals surface area contributed by atoms with E-state index in [0.29, 0.717) is 0 Å². The van der Waals surface area contributed by atoms with Crippen LogP contribution in [0, 0.1) is 0 Å². The highest BCUT2D eigenvalue weighted by molar-refractivity contribution is 6.02. The molecule has 0 aromatic heterocycles. The van der Waals surface area contributed by atoms with Crippen LogP contribution in [0.5, 0.6) is 5.75 Å². The highest BCUT2D eigenvalue weighted by Crippen LogP contribution is 2.34. The molecule has 6 nitrogen and oxygen atoms in total. The van der Waals surface area contributed by atoms with Gasteiger partial charge in [0.25, 0.3) is 5.91 Å². The summed E-state index contributed by atoms with van der Waals surface area (Å²) in [4.78, 5) is 19.2. The Bertz CT molecular complexity index is 836. The van der Waals surface area contributed by atoms with Gasteiger partial charge in [-0.05, 0) is 30.7 Å². The topological polar surface area (TPSA) is 48.1 Å². The SMILES string of the molecule is CCCNc1cccc(C(=O)N(C)C)c1N1CCN(c2ccccc2OC)CC1.Cl. The number of halogens is 1. The highest BCUT2D eigenvalue weighted by atomic mass is 35.5. The zero-order valence-corrected chi connectivity index (χ0v) is 19.2. The van der Waals surface area contributed by atoms with Crippen molar-refractivity contribution < 1.29 is 9.53 Å². The number of carbonyl (C=O) groups excluding carboxylic acids is 1. The smallest absolute Gasteiger partial charge is 0.255 e. The van der Waals surface area contributed by atoms with E-state index in [1.54, 1.807) is 26.1 Å². The summed E-state index contributed by atoms with van der Waals surface area (Å²) < 4.78 is 5.53. The van der Waals surface area contributed by atoms with Crippen LogP contribution >= 0.6 is 12.4 Å². The first kappa shape index (κ1) is 23.7. The fourth-order valence-electron chi connectivity index (χ4n) is 3.76. The standard InChI is InChI=1S/C23H32N4O2.ClH/c1-5-13-24-19-10-8-9-18(23(28)25(2)3)22(19)27-16-14-26(15-17-27)20-11-6-7-12-21(20)29-4;/h6-12,24H,5,13-17H2,1-4H3;1H. The molecule has 0 bridgehead atoms. The zero-order chi connectivity index (χ0) is 20.8. The minimum atomic E-state index is 0. The van der Waals surface area contributed by atoms with Gasteiger partial charge in [-0.3, -0.25) is 4.79 Å². The molecule has 0 aliphatic carbocycles. The third-order valence-electron chi connectivity index (χ3n) is 5.26. The predicted molar refractivity (Wildman–Crippen MR) is 128 cm³/mol. The van der Waals surface area contributed by atoms with E-state index in [4.69, 9.17) is 4.74 Å². The number of methoxy groups -OCH3 is 1. The van der Waals surface area contributed by atoms with Crippen LogP contribution in [0.25, 0.3) is 0 Å². The lowest BCUT2D eigenvalue weighted by Crippen LogP contribution is -2.47. The number of amides is 1. The van der Waals surface area contributed by atoms with Gasteiger partial charge in [0, 0.05) is 46.8 Å². The molecule has 2 aromatic rings. The van der Waals surface area contributed by atoms with Gasteiger partial charge in [0.15, 0.2) is 0 Å². The van der Waals surface area contributed by atoms with Crippen molar-refractivity contribution in [2.45, 2.75) is 13.3 Å². The fraction of sp³-hybridized carbons (Fsp3) is 0.435. The first-order valence-corrected chi connectivity index (χ1v) is 10.3. The second-order valence-electron chi connectivity index (χ2n) is 7.47. The van der Waals surface area contributed by atoms with E-state index in [1.165, 1.54) is 0 Å². The molecule has 7 heteroatoms. The van der Waals surface area contributed by atoms with Crippen LogP contribution in [0.2, 0.25) is 0 Å². The second kappa shape index (κ2) is 11.0. The number of hydrogen-bond donors (Lipinski definition) is 1. The molecule has 0 radical (unpaired) electrons. The van der Waals surface area contributed by atoms with Crippen molar-refractivity contribution in [1.82, 2.24) is 4.90 Å². The van der Waals surface area contributed by atoms with E-state index in [9.17, 15) is 4.79 Å². The van der Waals surface area contributed by atoms with Gasteiger partial charge in [0.2, 0.25) is 0 Å². The average molecular weight is 433 g/mol. The second-order valence-corrected chi connectivity index (χ2v) is 7.47. The molecule has 0 unspecified atom stereocenters. The summed E-state index contributed by atoms with van der Waals surface area (Å²) in [6, 6.07) is 14.1. The molecule has 0 saturated carbocycles. The molecule has 164 valence electrons. The van der Waals surface area contributed by atoms with E-state index >= 15 is 0 Å². The van der Waals surface area contributed by atoms with E-state index in [0.717, 1.165) is 67.5 Å². The maximum Gasteiger partial charge on any atom is 0.255 e. The molecule has 1 saturated heterocycles. The fourth-order valence-corrected chi connectivity index (χ4v) is 3.76. The van der Waals surface area contributed by atoms with E-state index in [1.807, 2.05) is 30.3 Å². The summed E-state index contributed by atoms with van der Waals surface area (Å²) in [5.74, 6) is 0.932. The van der Waals surface area contributed by atoms with Crippen molar-refractivity contribution in [3.05, 3.63) is 48.0 Å². The number of anilines is 3. The van der Waals surface area contributed by atoms with Crippen LogP contribution in [-0.2, 0) is 0 Å². The quantitative estimate of drug-likeness (QED) is 0.717. The number of benzene rings is 2. The van der Waals surface area contributed by atoms with Crippen molar-refractivity contribution in [3.63, 3.8) is 0 Å². The monoisotopic (exact) mass is 432 g/mol. The van der Waals surface area contributed by atoms with Crippen LogP contribution in [0.4, 0.5) is 17.1 Å². The number of para-hydroxylation sites is 3. The first-order chi connectivity index (χ1) is 14.1. The molecule has 1 aliphatic heterocycles. The predicted octanol–water partition coefficient (Wildman–Crippen LogP) is 3.97. The van der Waals surface area contributed by atoms with Crippen molar-refractivity contribution in [3.8, 4) is 5.75 Å². The molecule has 0 atom stereocenters. The van der Waals surface area contributed by atoms with Crippen LogP contribution < -0.4 is 19.9 Å². The van der Waals surface area contributed by atoms with E-state index < -0.39 is 0 Å². The largest absolute Gasteiger partial charge is 0.495 e. The van der Waals surface area contributed by atoms with Gasteiger partial charge in [-0.2, -0.15) is 0 Å². The Balaban J connectivity index is 0.00000320. The molecule has 1 aliphatic rings. The van der Waals surface area contributed by atoms with Crippen LogP contribution in [0.1, 0.15) is 23.7 Å². The number of nitrogens with one attached hydrogen (secondary N) is 1. The molecule has 1 amide bonds. The Morgan fingerprint density at radius 2 is 1.70 bits per heavy atom. The molecule has 1 fully saturated rings. The molecular weight excluding hydrogens is 400 g/mol. The summed E-state index contributed by atoms with van der Waals surface area (Å²) in [6.45, 7) is 6.46. The minimum absolute atomic E-state index is 0. The highest BCUT2D eigenvalue weighted by Gasteiger charge is 2.25. The van der Waals surface area contributed by atoms with Gasteiger partial charge in [-0.25, -0.2) is 0 Å². The molecule has 0 spiro atoms. The number of piperazine rings is 1. The van der Waals surface area contributed by atoms with Crippen molar-refractivity contribution in [2.75, 3.05) is 69.0 Å². The molecule has 30 heavy (non-hydrogen) atoms. The van der Waals surface area contributed by atoms with Crippen LogP contribution in [0.15, 0.2) is 42.5 Å². The maximum atomic E-state index is 12.8. The summed E-state index contributed by atoms with van der Waals surface area (Å²) in [6.07, 6.45) is 1.03. The molecule has 1 N–H and O–H groups in total. The van der Waals surface area contributed by atoms with Gasteiger partial charge in [0.1, 0.15) is 5.75 Å². The minimum Gasteiger partial charge on any atom is -0.495 e. The van der Waals surface area contributed by atoms with Crippen LogP contribution in [0.3, 0.4) is 0 Å². The van der Waals surface area contributed by atoms with E-state index in [-0.39, 0.29) is 18.3 Å². The number of ether oxygens (including phenoxy) is 1. The van der Waals surface area contributed by atoms with Crippen molar-refractivity contribution in [2.24, 2.45) is 0 Å². The molecule has 1 heterocycles. The Hall–Kier alpha value is -2.60. The summed E-state index contributed by atoms with van der Waals surface area (Å²) in [5, 5.41) is 3.51. The lowest BCUT2D eigenvalue weighted by Gasteiger charge is -2.39. The summed E-state index contributed by atoms with van der Waals surface area (Å²) in [7, 11) is 5.32. The zero-order valence-electron chi connectivity index (χ0n) is 18.4.